The third-order valence-electron chi connectivity index (χ3n) is 1.92. The van der Waals surface area contributed by atoms with E-state index in [9.17, 15) is 4.57 Å². The summed E-state index contributed by atoms with van der Waals surface area (Å²) in [7, 11) is -4.59. The molecule has 88 valence electrons. The zero-order valence-corrected chi connectivity index (χ0v) is 16.9. The summed E-state index contributed by atoms with van der Waals surface area (Å²) in [6, 6.07) is 3.44. The van der Waals surface area contributed by atoms with Crippen molar-refractivity contribution < 1.29 is 18.9 Å². The summed E-state index contributed by atoms with van der Waals surface area (Å²) in [5.74, 6) is 0.0228. The Bertz CT molecular complexity index is 602. The van der Waals surface area contributed by atoms with Crippen LogP contribution in [0.3, 0.4) is 0 Å². The zero-order chi connectivity index (χ0) is 11.9. The van der Waals surface area contributed by atoms with Crippen molar-refractivity contribution in [3.8, 4) is 5.75 Å². The van der Waals surface area contributed by atoms with Gasteiger partial charge >= 0.3 is 7.82 Å². The Morgan fingerprint density at radius 2 is 1.94 bits per heavy atom. The summed E-state index contributed by atoms with van der Waals surface area (Å²) < 4.78 is 15.9. The molecule has 2 rings (SSSR count). The van der Waals surface area contributed by atoms with Crippen LogP contribution in [0.1, 0.15) is 0 Å². The van der Waals surface area contributed by atoms with Crippen molar-refractivity contribution in [2.45, 2.75) is 0 Å². The van der Waals surface area contributed by atoms with Crippen molar-refractivity contribution in [2.75, 3.05) is 0 Å². The number of benzene rings is 1. The molecule has 0 bridgehead atoms. The number of aromatic amines is 1. The minimum absolute atomic E-state index is 0. The average Bonchev–Trinajstić information content (AvgIpc) is 2.53. The van der Waals surface area contributed by atoms with E-state index in [2.05, 4.69) is 25.4 Å². The van der Waals surface area contributed by atoms with Crippen LogP contribution in [0.4, 0.5) is 0 Å². The van der Waals surface area contributed by atoms with Crippen LogP contribution >= 0.6 is 35.4 Å². The molecule has 0 atom stereocenters. The third-order valence-corrected chi connectivity index (χ3v) is 3.63. The van der Waals surface area contributed by atoms with Crippen molar-refractivity contribution in [1.29, 1.82) is 0 Å². The molecule has 1 aromatic carbocycles. The number of H-pyrrole nitrogens is 1. The fourth-order valence-electron chi connectivity index (χ4n) is 1.33. The van der Waals surface area contributed by atoms with Crippen molar-refractivity contribution in [3.05, 3.63) is 27.8 Å². The van der Waals surface area contributed by atoms with Crippen LogP contribution in [0.2, 0.25) is 5.02 Å². The maximum Gasteiger partial charge on any atom is 0.524 e. The fraction of sp³-hybridized carbons (Fsp3) is 0. The number of rotatable bonds is 2. The summed E-state index contributed by atoms with van der Waals surface area (Å²) in [6.07, 6.45) is 1.35. The Kier molecular flexibility index (Phi) is 8.09. The van der Waals surface area contributed by atoms with Crippen molar-refractivity contribution >= 4 is 105 Å². The van der Waals surface area contributed by atoms with Crippen LogP contribution < -0.4 is 4.52 Å². The minimum Gasteiger partial charge on any atom is -0.402 e. The molecule has 0 aliphatic rings. The van der Waals surface area contributed by atoms with Crippen LogP contribution in [0.15, 0.2) is 22.8 Å². The molecule has 3 N–H and O–H groups in total. The standard InChI is InChI=1S/C8H6BrClNO4P.2Na/c9-4-1-2-5-7(8(4)10)6(3-11-5)15-16(12,13)14;;/h1-3,11H,(H2,12,13,14);;. The van der Waals surface area contributed by atoms with E-state index in [-0.39, 0.29) is 64.9 Å². The Morgan fingerprint density at radius 3 is 2.50 bits per heavy atom. The molecule has 0 aliphatic heterocycles. The molecule has 2 aromatic rings. The first kappa shape index (κ1) is 19.5. The molecule has 0 amide bonds. The summed E-state index contributed by atoms with van der Waals surface area (Å²) in [6.45, 7) is 0. The topological polar surface area (TPSA) is 82.6 Å². The van der Waals surface area contributed by atoms with Gasteiger partial charge in [-0.2, -0.15) is 0 Å². The summed E-state index contributed by atoms with van der Waals surface area (Å²) >= 11 is 9.22. The second-order valence-electron chi connectivity index (χ2n) is 3.02. The maximum atomic E-state index is 10.7. The number of halogens is 2. The number of hydrogen-bond acceptors (Lipinski definition) is 2. The van der Waals surface area contributed by atoms with E-state index in [1.165, 1.54) is 6.20 Å². The summed E-state index contributed by atoms with van der Waals surface area (Å²) in [4.78, 5) is 20.3. The molecule has 5 nitrogen and oxygen atoms in total. The number of hydrogen-bond donors (Lipinski definition) is 3. The van der Waals surface area contributed by atoms with E-state index in [1.54, 1.807) is 12.1 Å². The largest absolute Gasteiger partial charge is 0.524 e. The van der Waals surface area contributed by atoms with Gasteiger partial charge in [0.25, 0.3) is 0 Å². The Hall–Kier alpha value is 1.48. The van der Waals surface area contributed by atoms with Gasteiger partial charge in [-0.1, -0.05) is 11.6 Å². The average molecular weight is 372 g/mol. The molecule has 18 heavy (non-hydrogen) atoms. The molecule has 10 heteroatoms. The molecule has 0 spiro atoms. The van der Waals surface area contributed by atoms with E-state index in [0.717, 1.165) is 0 Å². The van der Waals surface area contributed by atoms with Crippen LogP contribution in [0, 0.1) is 0 Å². The van der Waals surface area contributed by atoms with E-state index in [1.807, 2.05) is 0 Å². The minimum atomic E-state index is -4.59. The van der Waals surface area contributed by atoms with Crippen LogP contribution in [-0.4, -0.2) is 73.9 Å². The Labute approximate surface area is 161 Å². The second kappa shape index (κ2) is 7.48. The van der Waals surface area contributed by atoms with E-state index in [4.69, 9.17) is 21.4 Å². The van der Waals surface area contributed by atoms with Gasteiger partial charge in [0.2, 0.25) is 0 Å². The van der Waals surface area contributed by atoms with Gasteiger partial charge in [0.1, 0.15) is 0 Å². The molecule has 1 aromatic heterocycles. The molecule has 0 aliphatic carbocycles. The van der Waals surface area contributed by atoms with E-state index >= 15 is 0 Å². The first-order valence-corrected chi connectivity index (χ1v) is 6.79. The third kappa shape index (κ3) is 4.50. The molecule has 0 saturated heterocycles. The number of fused-ring (bicyclic) bond motifs is 1. The zero-order valence-electron chi connectivity index (χ0n) is 9.65. The molecule has 2 radical (unpaired) electrons. The second-order valence-corrected chi connectivity index (χ2v) is 5.41. The van der Waals surface area contributed by atoms with Crippen LogP contribution in [-0.2, 0) is 4.57 Å². The summed E-state index contributed by atoms with van der Waals surface area (Å²) in [5.41, 5.74) is 0.636. The smallest absolute Gasteiger partial charge is 0.402 e. The Balaban J connectivity index is 0.00000144. The predicted octanol–water partition coefficient (Wildman–Crippen LogP) is 2.29. The first-order valence-electron chi connectivity index (χ1n) is 4.09. The normalized spacial score (nSPS) is 10.7. The quantitative estimate of drug-likeness (QED) is 0.558. The van der Waals surface area contributed by atoms with Crippen LogP contribution in [0.5, 0.6) is 5.75 Å². The van der Waals surface area contributed by atoms with Gasteiger partial charge in [-0.3, -0.25) is 9.79 Å². The van der Waals surface area contributed by atoms with Crippen LogP contribution in [0.25, 0.3) is 10.9 Å². The predicted molar refractivity (Wildman–Crippen MR) is 75.2 cm³/mol. The molecule has 0 saturated carbocycles. The maximum absolute atomic E-state index is 10.7. The Morgan fingerprint density at radius 1 is 1.33 bits per heavy atom. The number of nitrogens with one attached hydrogen (secondary N) is 1. The van der Waals surface area contributed by atoms with Gasteiger partial charge in [-0.05, 0) is 28.1 Å². The van der Waals surface area contributed by atoms with E-state index < -0.39 is 7.82 Å². The van der Waals surface area contributed by atoms with Crippen molar-refractivity contribution in [3.63, 3.8) is 0 Å². The van der Waals surface area contributed by atoms with Crippen molar-refractivity contribution in [1.82, 2.24) is 4.98 Å². The van der Waals surface area contributed by atoms with Gasteiger partial charge in [0.15, 0.2) is 5.75 Å². The SMILES string of the molecule is O=P(O)(O)Oc1c[nH]c2ccc(Br)c(Cl)c12.[Na].[Na]. The number of phosphoric ester groups is 1. The first-order chi connectivity index (χ1) is 7.38. The van der Waals surface area contributed by atoms with Gasteiger partial charge in [0, 0.05) is 69.8 Å². The summed E-state index contributed by atoms with van der Waals surface area (Å²) in [5, 5.41) is 0.765. The number of phosphoric acid groups is 1. The van der Waals surface area contributed by atoms with Gasteiger partial charge in [-0.25, -0.2) is 4.57 Å². The molecule has 1 heterocycles. The monoisotopic (exact) mass is 371 g/mol. The number of aromatic nitrogens is 1. The molecular weight excluding hydrogens is 366 g/mol. The van der Waals surface area contributed by atoms with Gasteiger partial charge in [-0.15, -0.1) is 0 Å². The van der Waals surface area contributed by atoms with Gasteiger partial charge < -0.3 is 9.51 Å². The van der Waals surface area contributed by atoms with E-state index in [0.29, 0.717) is 20.4 Å². The molecular formula is C8H6BrClNNa2O4P. The molecule has 0 fully saturated rings. The van der Waals surface area contributed by atoms with Gasteiger partial charge in [0.05, 0.1) is 15.9 Å². The molecule has 0 unspecified atom stereocenters. The van der Waals surface area contributed by atoms with Crippen molar-refractivity contribution in [2.24, 2.45) is 0 Å². The fourth-order valence-corrected chi connectivity index (χ4v) is 2.32.